The average Bonchev–Trinajstić information content (AvgIpc) is 2.79. The predicted octanol–water partition coefficient (Wildman–Crippen LogP) is 0.188. The number of ketones is 1. The van der Waals surface area contributed by atoms with Crippen molar-refractivity contribution in [1.82, 2.24) is 4.31 Å². The van der Waals surface area contributed by atoms with Gasteiger partial charge in [-0.1, -0.05) is 12.1 Å². The van der Waals surface area contributed by atoms with Gasteiger partial charge >= 0.3 is 0 Å². The maximum Gasteiger partial charge on any atom is 0.279 e. The first-order valence-electron chi connectivity index (χ1n) is 10.5. The number of rotatable bonds is 6. The topological polar surface area (TPSA) is 106 Å². The number of hydrogen-bond acceptors (Lipinski definition) is 6. The molecule has 0 atom stereocenters. The molecule has 170 valence electrons. The van der Waals surface area contributed by atoms with Gasteiger partial charge in [-0.25, -0.2) is 8.42 Å². The van der Waals surface area contributed by atoms with Gasteiger partial charge in [-0.15, -0.1) is 0 Å². The van der Waals surface area contributed by atoms with Crippen LogP contribution in [0.15, 0.2) is 47.4 Å². The molecule has 0 unspecified atom stereocenters. The number of fused-ring (bicyclic) bond motifs is 1. The van der Waals surface area contributed by atoms with E-state index in [1.165, 1.54) is 23.4 Å². The number of Topliss-reactive ketones (excluding diaryl/α,β-unsaturated/α-hetero) is 1. The van der Waals surface area contributed by atoms with Crippen molar-refractivity contribution in [1.29, 1.82) is 0 Å². The molecule has 2 N–H and O–H groups in total. The molecule has 2 heterocycles. The number of ether oxygens (including phenoxy) is 2. The summed E-state index contributed by atoms with van der Waals surface area (Å²) in [5.74, 6) is 0.738. The van der Waals surface area contributed by atoms with Crippen molar-refractivity contribution in [3.05, 3.63) is 48.0 Å². The molecule has 0 spiro atoms. The molecule has 0 bridgehead atoms. The van der Waals surface area contributed by atoms with E-state index in [1.54, 1.807) is 30.3 Å². The lowest BCUT2D eigenvalue weighted by Gasteiger charge is -2.31. The summed E-state index contributed by atoms with van der Waals surface area (Å²) in [6, 6.07) is 11.5. The first kappa shape index (κ1) is 22.3. The second kappa shape index (κ2) is 9.27. The number of amides is 1. The Bertz CT molecular complexity index is 1130. The number of sulfonamides is 1. The molecule has 0 aliphatic carbocycles. The van der Waals surface area contributed by atoms with Crippen LogP contribution in [-0.2, 0) is 14.8 Å². The fourth-order valence-electron chi connectivity index (χ4n) is 3.80. The molecule has 0 radical (unpaired) electrons. The Hall–Kier alpha value is -2.95. The van der Waals surface area contributed by atoms with Crippen molar-refractivity contribution in [3.8, 4) is 11.5 Å². The highest BCUT2D eigenvalue weighted by molar-refractivity contribution is 7.89. The van der Waals surface area contributed by atoms with Gasteiger partial charge in [0, 0.05) is 17.3 Å². The van der Waals surface area contributed by atoms with Gasteiger partial charge in [0.1, 0.15) is 13.2 Å². The normalized spacial score (nSPS) is 17.0. The van der Waals surface area contributed by atoms with Gasteiger partial charge in [-0.3, -0.25) is 9.59 Å². The van der Waals surface area contributed by atoms with Crippen LogP contribution in [0, 0.1) is 0 Å². The smallest absolute Gasteiger partial charge is 0.279 e. The van der Waals surface area contributed by atoms with E-state index in [-0.39, 0.29) is 23.1 Å². The minimum absolute atomic E-state index is 0.0675. The Balaban J connectivity index is 1.33. The van der Waals surface area contributed by atoms with Crippen molar-refractivity contribution < 1.29 is 32.4 Å². The molecule has 32 heavy (non-hydrogen) atoms. The first-order valence-corrected chi connectivity index (χ1v) is 11.9. The maximum atomic E-state index is 13.0. The van der Waals surface area contributed by atoms with Crippen LogP contribution in [0.25, 0.3) is 0 Å². The zero-order valence-electron chi connectivity index (χ0n) is 17.8. The molecular formula is C22H26N3O6S+. The largest absolute Gasteiger partial charge is 0.486 e. The van der Waals surface area contributed by atoms with Gasteiger partial charge in [-0.2, -0.15) is 4.31 Å². The van der Waals surface area contributed by atoms with Gasteiger partial charge in [0.15, 0.2) is 23.8 Å². The van der Waals surface area contributed by atoms with Crippen molar-refractivity contribution in [2.24, 2.45) is 0 Å². The van der Waals surface area contributed by atoms with Gasteiger partial charge < -0.3 is 19.7 Å². The molecule has 1 saturated heterocycles. The average molecular weight is 461 g/mol. The van der Waals surface area contributed by atoms with E-state index in [0.717, 1.165) is 4.90 Å². The Labute approximate surface area is 187 Å². The van der Waals surface area contributed by atoms with Crippen molar-refractivity contribution in [2.75, 3.05) is 51.3 Å². The van der Waals surface area contributed by atoms with Crippen molar-refractivity contribution in [2.45, 2.75) is 11.8 Å². The Morgan fingerprint density at radius 2 is 1.75 bits per heavy atom. The van der Waals surface area contributed by atoms with Crippen molar-refractivity contribution in [3.63, 3.8) is 0 Å². The van der Waals surface area contributed by atoms with Gasteiger partial charge in [-0.05, 0) is 31.2 Å². The highest BCUT2D eigenvalue weighted by atomic mass is 32.2. The summed E-state index contributed by atoms with van der Waals surface area (Å²) < 4.78 is 38.5. The summed E-state index contributed by atoms with van der Waals surface area (Å²) in [5, 5.41) is 2.81. The van der Waals surface area contributed by atoms with Gasteiger partial charge in [0.2, 0.25) is 10.0 Å². The summed E-state index contributed by atoms with van der Waals surface area (Å²) in [6.45, 7) is 4.21. The molecule has 4 rings (SSSR count). The Morgan fingerprint density at radius 3 is 2.47 bits per heavy atom. The highest BCUT2D eigenvalue weighted by Crippen LogP contribution is 2.33. The molecular weight excluding hydrogens is 434 g/mol. The van der Waals surface area contributed by atoms with Crippen LogP contribution in [-0.4, -0.2) is 70.4 Å². The monoisotopic (exact) mass is 460 g/mol. The summed E-state index contributed by atoms with van der Waals surface area (Å²) in [6.07, 6.45) is 0. The number of hydrogen-bond donors (Lipinski definition) is 2. The molecule has 1 amide bonds. The number of piperazine rings is 1. The third kappa shape index (κ3) is 4.93. The molecule has 9 nitrogen and oxygen atoms in total. The number of nitrogens with one attached hydrogen (secondary N) is 2. The number of carbonyl (C=O) groups excluding carboxylic acids is 2. The minimum atomic E-state index is -3.66. The first-order chi connectivity index (χ1) is 15.3. The van der Waals surface area contributed by atoms with Crippen LogP contribution in [0.1, 0.15) is 17.3 Å². The molecule has 0 saturated carbocycles. The quantitative estimate of drug-likeness (QED) is 0.596. The second-order valence-corrected chi connectivity index (χ2v) is 9.76. The van der Waals surface area contributed by atoms with E-state index < -0.39 is 10.0 Å². The highest BCUT2D eigenvalue weighted by Gasteiger charge is 2.32. The van der Waals surface area contributed by atoms with Crippen molar-refractivity contribution >= 4 is 27.4 Å². The fraction of sp³-hybridized carbons (Fsp3) is 0.364. The number of carbonyl (C=O) groups is 2. The van der Waals surface area contributed by atoms with Crippen LogP contribution in [0.3, 0.4) is 0 Å². The van der Waals surface area contributed by atoms with E-state index in [4.69, 9.17) is 9.47 Å². The Kier molecular flexibility index (Phi) is 6.45. The van der Waals surface area contributed by atoms with Crippen LogP contribution in [0.2, 0.25) is 0 Å². The van der Waals surface area contributed by atoms with E-state index in [1.807, 2.05) is 0 Å². The van der Waals surface area contributed by atoms with Gasteiger partial charge in [0.05, 0.1) is 31.1 Å². The number of quaternary nitrogens is 1. The standard InChI is InChI=1S/C22H25N3O6S/c1-16(26)17-3-2-4-18(13-17)23-22(27)15-24-7-9-25(10-8-24)32(28,29)19-5-6-20-21(14-19)31-12-11-30-20/h2-6,13-14H,7-12,15H2,1H3,(H,23,27)/p+1. The SMILES string of the molecule is CC(=O)c1cccc(NC(=O)C[NH+]2CCN(S(=O)(=O)c3ccc4c(c3)OCCO4)CC2)c1. The molecule has 2 aliphatic heterocycles. The van der Waals surface area contributed by atoms with Crippen LogP contribution >= 0.6 is 0 Å². The molecule has 1 fully saturated rings. The number of benzene rings is 2. The zero-order valence-corrected chi connectivity index (χ0v) is 18.6. The fourth-order valence-corrected chi connectivity index (χ4v) is 5.26. The summed E-state index contributed by atoms with van der Waals surface area (Å²) in [4.78, 5) is 25.1. The number of anilines is 1. The Morgan fingerprint density at radius 1 is 1.03 bits per heavy atom. The molecule has 0 aromatic heterocycles. The lowest BCUT2D eigenvalue weighted by atomic mass is 10.1. The van der Waals surface area contributed by atoms with Gasteiger partial charge in [0.25, 0.3) is 5.91 Å². The van der Waals surface area contributed by atoms with E-state index >= 15 is 0 Å². The second-order valence-electron chi connectivity index (χ2n) is 7.82. The summed E-state index contributed by atoms with van der Waals surface area (Å²) in [7, 11) is -3.66. The van der Waals surface area contributed by atoms with E-state index in [9.17, 15) is 18.0 Å². The predicted molar refractivity (Wildman–Crippen MR) is 117 cm³/mol. The van der Waals surface area contributed by atoms with Crippen LogP contribution in [0.4, 0.5) is 5.69 Å². The molecule has 10 heteroatoms. The maximum absolute atomic E-state index is 13.0. The summed E-state index contributed by atoms with van der Waals surface area (Å²) >= 11 is 0. The third-order valence-corrected chi connectivity index (χ3v) is 7.44. The lowest BCUT2D eigenvalue weighted by molar-refractivity contribution is -0.895. The summed E-state index contributed by atoms with van der Waals surface area (Å²) in [5.41, 5.74) is 1.11. The van der Waals surface area contributed by atoms with Crippen LogP contribution in [0.5, 0.6) is 11.5 Å². The molecule has 2 aromatic rings. The minimum Gasteiger partial charge on any atom is -0.486 e. The molecule has 2 aromatic carbocycles. The van der Waals surface area contributed by atoms with Crippen LogP contribution < -0.4 is 19.7 Å². The zero-order chi connectivity index (χ0) is 22.7. The number of nitrogens with zero attached hydrogens (tertiary/aromatic N) is 1. The lowest BCUT2D eigenvalue weighted by Crippen LogP contribution is -3.15. The van der Waals surface area contributed by atoms with E-state index in [0.29, 0.717) is 62.1 Å². The third-order valence-electron chi connectivity index (χ3n) is 5.54. The van der Waals surface area contributed by atoms with E-state index in [2.05, 4.69) is 5.32 Å². The molecule has 2 aliphatic rings.